The zero-order valence-corrected chi connectivity index (χ0v) is 30.5. The van der Waals surface area contributed by atoms with E-state index in [-0.39, 0.29) is 12.1 Å². The van der Waals surface area contributed by atoms with Crippen LogP contribution in [0.3, 0.4) is 0 Å². The molecule has 0 fully saturated rings. The minimum absolute atomic E-state index is 0.0480. The molecule has 1 aromatic carbocycles. The Hall–Kier alpha value is -2.92. The predicted molar refractivity (Wildman–Crippen MR) is 200 cm³/mol. The molecule has 0 saturated heterocycles. The quantitative estimate of drug-likeness (QED) is 0.104. The van der Waals surface area contributed by atoms with Crippen LogP contribution in [0.15, 0.2) is 102 Å². The molecule has 0 aliphatic rings. The van der Waals surface area contributed by atoms with E-state index in [4.69, 9.17) is 4.74 Å². The summed E-state index contributed by atoms with van der Waals surface area (Å²) in [5.74, 6) is 1.82. The van der Waals surface area contributed by atoms with Crippen molar-refractivity contribution in [1.29, 1.82) is 0 Å². The molecule has 45 heavy (non-hydrogen) atoms. The van der Waals surface area contributed by atoms with E-state index in [2.05, 4.69) is 101 Å². The summed E-state index contributed by atoms with van der Waals surface area (Å²) in [6.45, 7) is 29.3. The highest BCUT2D eigenvalue weighted by molar-refractivity contribution is 7.99. The molecule has 0 heterocycles. The van der Waals surface area contributed by atoms with Crippen LogP contribution in [-0.2, 0) is 11.2 Å². The van der Waals surface area contributed by atoms with Crippen molar-refractivity contribution in [1.82, 2.24) is 10.6 Å². The van der Waals surface area contributed by atoms with Gasteiger partial charge in [-0.25, -0.2) is 4.79 Å². The lowest BCUT2D eigenvalue weighted by Gasteiger charge is -2.29. The van der Waals surface area contributed by atoms with E-state index < -0.39 is 11.7 Å². The zero-order valence-electron chi connectivity index (χ0n) is 29.7. The van der Waals surface area contributed by atoms with E-state index in [0.29, 0.717) is 6.42 Å². The number of thioether (sulfide) groups is 1. The first-order valence-electron chi connectivity index (χ1n) is 16.5. The molecule has 4 nitrogen and oxygen atoms in total. The molecule has 1 rings (SSSR count). The van der Waals surface area contributed by atoms with Crippen LogP contribution in [0.5, 0.6) is 0 Å². The van der Waals surface area contributed by atoms with Crippen LogP contribution in [0.25, 0.3) is 0 Å². The summed E-state index contributed by atoms with van der Waals surface area (Å²) in [4.78, 5) is 12.7. The third-order valence-corrected chi connectivity index (χ3v) is 8.39. The first kappa shape index (κ1) is 40.1. The number of carbonyl (C=O) groups is 1. The summed E-state index contributed by atoms with van der Waals surface area (Å²) in [7, 11) is 0. The van der Waals surface area contributed by atoms with E-state index in [1.165, 1.54) is 22.3 Å². The summed E-state index contributed by atoms with van der Waals surface area (Å²) >= 11 is 1.88. The minimum Gasteiger partial charge on any atom is -0.444 e. The van der Waals surface area contributed by atoms with Gasteiger partial charge in [0.15, 0.2) is 0 Å². The number of carbonyl (C=O) groups excluding carboxylic acids is 1. The zero-order chi connectivity index (χ0) is 33.8. The molecular formula is C40H62N2O2S. The fraction of sp³-hybridized carbons (Fsp3) is 0.525. The van der Waals surface area contributed by atoms with Gasteiger partial charge in [0, 0.05) is 17.2 Å². The van der Waals surface area contributed by atoms with Gasteiger partial charge in [-0.05, 0) is 112 Å². The van der Waals surface area contributed by atoms with Gasteiger partial charge in [0.2, 0.25) is 0 Å². The highest BCUT2D eigenvalue weighted by atomic mass is 32.2. The average molecular weight is 635 g/mol. The highest BCUT2D eigenvalue weighted by Crippen LogP contribution is 2.19. The number of nitrogens with one attached hydrogen (secondary N) is 2. The molecule has 0 aromatic heterocycles. The molecule has 1 aromatic rings. The summed E-state index contributed by atoms with van der Waals surface area (Å²) < 4.78 is 5.58. The van der Waals surface area contributed by atoms with E-state index >= 15 is 0 Å². The summed E-state index contributed by atoms with van der Waals surface area (Å²) in [6.07, 6.45) is 14.4. The molecule has 0 radical (unpaired) electrons. The standard InChI is InChI=1S/C40H62N2O2S/c1-30(2)17-15-18-32(5)19-16-20-33(6)27-28-45-29-38(31(3)4)41-35(8)37(42-39(43)44-40(9,10)11)26-24-34(7)23-25-36-21-13-12-14-22-36/h12-14,17,19,21-22,27,37-38,41H,3,7-8,15-16,18,20,23-26,28-29H2,1-2,4-6,9-11H3,(H,42,43)/b32-19+,33-27+. The lowest BCUT2D eigenvalue weighted by molar-refractivity contribution is 0.0508. The highest BCUT2D eigenvalue weighted by Gasteiger charge is 2.23. The van der Waals surface area contributed by atoms with Crippen molar-refractivity contribution in [2.75, 3.05) is 11.5 Å². The summed E-state index contributed by atoms with van der Waals surface area (Å²) in [5.41, 5.74) is 7.98. The molecule has 0 aliphatic heterocycles. The van der Waals surface area contributed by atoms with E-state index in [0.717, 1.165) is 73.3 Å². The monoisotopic (exact) mass is 634 g/mol. The normalized spacial score (nSPS) is 13.4. The molecule has 0 spiro atoms. The molecule has 1 amide bonds. The molecule has 2 N–H and O–H groups in total. The Morgan fingerprint density at radius 2 is 1.47 bits per heavy atom. The van der Waals surface area contributed by atoms with Crippen LogP contribution in [0.1, 0.15) is 106 Å². The lowest BCUT2D eigenvalue weighted by atomic mass is 9.98. The van der Waals surface area contributed by atoms with Gasteiger partial charge in [-0.1, -0.05) is 96.2 Å². The number of amides is 1. The number of alkyl carbamates (subject to hydrolysis) is 1. The van der Waals surface area contributed by atoms with Crippen molar-refractivity contribution in [3.63, 3.8) is 0 Å². The van der Waals surface area contributed by atoms with Gasteiger partial charge in [0.1, 0.15) is 5.60 Å². The smallest absolute Gasteiger partial charge is 0.408 e. The number of benzene rings is 1. The van der Waals surface area contributed by atoms with Crippen molar-refractivity contribution in [3.8, 4) is 0 Å². The first-order valence-corrected chi connectivity index (χ1v) is 17.6. The van der Waals surface area contributed by atoms with Crippen LogP contribution >= 0.6 is 11.8 Å². The molecule has 5 heteroatoms. The maximum Gasteiger partial charge on any atom is 0.408 e. The Balaban J connectivity index is 2.68. The number of rotatable bonds is 21. The number of allylic oxidation sites excluding steroid dienone is 6. The van der Waals surface area contributed by atoms with Gasteiger partial charge in [-0.15, -0.1) is 0 Å². The van der Waals surface area contributed by atoms with Gasteiger partial charge in [0.05, 0.1) is 12.1 Å². The van der Waals surface area contributed by atoms with Gasteiger partial charge in [0.25, 0.3) is 0 Å². The largest absolute Gasteiger partial charge is 0.444 e. The second-order valence-electron chi connectivity index (χ2n) is 13.5. The Morgan fingerprint density at radius 3 is 2.07 bits per heavy atom. The van der Waals surface area contributed by atoms with Crippen molar-refractivity contribution in [3.05, 3.63) is 107 Å². The minimum atomic E-state index is -0.578. The van der Waals surface area contributed by atoms with Gasteiger partial charge in [-0.3, -0.25) is 0 Å². The van der Waals surface area contributed by atoms with Crippen molar-refractivity contribution < 1.29 is 9.53 Å². The van der Waals surface area contributed by atoms with E-state index in [1.54, 1.807) is 0 Å². The Labute approximate surface area is 280 Å². The van der Waals surface area contributed by atoms with Gasteiger partial charge < -0.3 is 15.4 Å². The first-order chi connectivity index (χ1) is 21.2. The number of ether oxygens (including phenoxy) is 1. The Kier molecular flexibility index (Phi) is 19.4. The Bertz CT molecular complexity index is 1170. The van der Waals surface area contributed by atoms with Crippen LogP contribution in [-0.4, -0.2) is 35.3 Å². The summed E-state index contributed by atoms with van der Waals surface area (Å²) in [5, 5.41) is 6.63. The van der Waals surface area contributed by atoms with E-state index in [9.17, 15) is 4.79 Å². The molecule has 0 aliphatic carbocycles. The van der Waals surface area contributed by atoms with Crippen LogP contribution in [0, 0.1) is 0 Å². The summed E-state index contributed by atoms with van der Waals surface area (Å²) in [6, 6.07) is 10.2. The van der Waals surface area contributed by atoms with Crippen LogP contribution in [0.4, 0.5) is 4.79 Å². The second kappa shape index (κ2) is 21.8. The molecule has 0 bridgehead atoms. The van der Waals surface area contributed by atoms with Crippen LogP contribution in [0.2, 0.25) is 0 Å². The number of hydrogen-bond acceptors (Lipinski definition) is 4. The second-order valence-corrected chi connectivity index (χ2v) is 14.6. The Morgan fingerprint density at radius 1 is 0.844 bits per heavy atom. The SMILES string of the molecule is C=C(CCc1ccccc1)CCC(NC(=O)OC(C)(C)C)C(=C)NC(CSC/C=C(\C)CC/C=C(\C)CCC=C(C)C)C(=C)C. The van der Waals surface area contributed by atoms with Gasteiger partial charge in [-0.2, -0.15) is 11.8 Å². The molecular weight excluding hydrogens is 573 g/mol. The number of aryl methyl sites for hydroxylation is 1. The molecule has 2 atom stereocenters. The third-order valence-electron chi connectivity index (χ3n) is 7.42. The van der Waals surface area contributed by atoms with Crippen molar-refractivity contribution >= 4 is 17.9 Å². The molecule has 250 valence electrons. The molecule has 2 unspecified atom stereocenters. The topological polar surface area (TPSA) is 50.4 Å². The maximum absolute atomic E-state index is 12.7. The average Bonchev–Trinajstić information content (AvgIpc) is 2.94. The van der Waals surface area contributed by atoms with Crippen molar-refractivity contribution in [2.24, 2.45) is 0 Å². The van der Waals surface area contributed by atoms with E-state index in [1.807, 2.05) is 45.5 Å². The third kappa shape index (κ3) is 20.7. The molecule has 0 saturated carbocycles. The fourth-order valence-corrected chi connectivity index (χ4v) is 5.72. The van der Waals surface area contributed by atoms with Crippen LogP contribution < -0.4 is 10.6 Å². The lowest BCUT2D eigenvalue weighted by Crippen LogP contribution is -2.45. The predicted octanol–water partition coefficient (Wildman–Crippen LogP) is 11.0. The maximum atomic E-state index is 12.7. The van der Waals surface area contributed by atoms with Gasteiger partial charge >= 0.3 is 6.09 Å². The number of hydrogen-bond donors (Lipinski definition) is 2. The fourth-order valence-electron chi connectivity index (χ4n) is 4.58. The van der Waals surface area contributed by atoms with Crippen molar-refractivity contribution in [2.45, 2.75) is 124 Å².